The maximum absolute atomic E-state index is 4.79. The van der Waals surface area contributed by atoms with E-state index in [9.17, 15) is 0 Å². The first-order valence-corrected chi connectivity index (χ1v) is 8.35. The van der Waals surface area contributed by atoms with Gasteiger partial charge in [-0.15, -0.1) is 11.8 Å². The minimum atomic E-state index is 0.613. The molecule has 1 fully saturated rings. The van der Waals surface area contributed by atoms with Gasteiger partial charge in [0, 0.05) is 18.0 Å². The minimum Gasteiger partial charge on any atom is -0.370 e. The monoisotopic (exact) mass is 279 g/mol. The van der Waals surface area contributed by atoms with Crippen molar-refractivity contribution in [3.8, 4) is 0 Å². The zero-order chi connectivity index (χ0) is 13.8. The van der Waals surface area contributed by atoms with E-state index in [2.05, 4.69) is 33.0 Å². The van der Waals surface area contributed by atoms with Crippen LogP contribution in [-0.4, -0.2) is 22.3 Å². The largest absolute Gasteiger partial charge is 0.370 e. The molecule has 1 N–H and O–H groups in total. The fraction of sp³-hybridized carbons (Fsp3) is 0.733. The van der Waals surface area contributed by atoms with Gasteiger partial charge in [0.2, 0.25) is 0 Å². The van der Waals surface area contributed by atoms with Crippen LogP contribution in [0.25, 0.3) is 0 Å². The van der Waals surface area contributed by atoms with E-state index < -0.39 is 0 Å². The summed E-state index contributed by atoms with van der Waals surface area (Å²) in [4.78, 5) is 9.48. The Bertz CT molecular complexity index is 428. The Hall–Kier alpha value is -0.770. The lowest BCUT2D eigenvalue weighted by Gasteiger charge is -2.13. The van der Waals surface area contributed by atoms with E-state index in [4.69, 9.17) is 9.97 Å². The maximum atomic E-state index is 4.79. The Kier molecular flexibility index (Phi) is 5.08. The van der Waals surface area contributed by atoms with Gasteiger partial charge < -0.3 is 5.32 Å². The van der Waals surface area contributed by atoms with Crippen LogP contribution in [0, 0.1) is 12.8 Å². The normalized spacial score (nSPS) is 15.0. The number of nitrogens with one attached hydrogen (secondary N) is 1. The van der Waals surface area contributed by atoms with Gasteiger partial charge in [0.05, 0.1) is 0 Å². The Balaban J connectivity index is 2.14. The van der Waals surface area contributed by atoms with Crippen molar-refractivity contribution in [3.05, 3.63) is 11.4 Å². The fourth-order valence-electron chi connectivity index (χ4n) is 1.91. The van der Waals surface area contributed by atoms with Crippen molar-refractivity contribution in [2.75, 3.05) is 17.6 Å². The second-order valence-corrected chi connectivity index (χ2v) is 6.78. The fourth-order valence-corrected chi connectivity index (χ4v) is 3.16. The van der Waals surface area contributed by atoms with Crippen molar-refractivity contribution in [2.45, 2.75) is 57.9 Å². The summed E-state index contributed by atoms with van der Waals surface area (Å²) in [6.45, 7) is 9.70. The molecule has 1 aromatic rings. The van der Waals surface area contributed by atoms with Crippen molar-refractivity contribution < 1.29 is 0 Å². The number of hydrogen-bond acceptors (Lipinski definition) is 4. The zero-order valence-corrected chi connectivity index (χ0v) is 13.3. The van der Waals surface area contributed by atoms with E-state index in [0.717, 1.165) is 29.9 Å². The van der Waals surface area contributed by atoms with E-state index in [1.165, 1.54) is 29.9 Å². The molecule has 0 aromatic carbocycles. The van der Waals surface area contributed by atoms with Crippen LogP contribution in [-0.2, 0) is 0 Å². The van der Waals surface area contributed by atoms with Gasteiger partial charge in [-0.2, -0.15) is 0 Å². The van der Waals surface area contributed by atoms with Gasteiger partial charge in [-0.3, -0.25) is 0 Å². The highest BCUT2D eigenvalue weighted by Crippen LogP contribution is 2.40. The highest BCUT2D eigenvalue weighted by Gasteiger charge is 2.28. The van der Waals surface area contributed by atoms with Gasteiger partial charge in [0.25, 0.3) is 0 Å². The number of rotatable bonds is 7. The number of aromatic nitrogens is 2. The molecule has 0 saturated heterocycles. The molecule has 0 spiro atoms. The van der Waals surface area contributed by atoms with Crippen LogP contribution in [0.1, 0.15) is 57.3 Å². The number of anilines is 1. The van der Waals surface area contributed by atoms with Crippen LogP contribution in [0.3, 0.4) is 0 Å². The van der Waals surface area contributed by atoms with E-state index in [-0.39, 0.29) is 0 Å². The summed E-state index contributed by atoms with van der Waals surface area (Å²) >= 11 is 1.88. The molecule has 0 bridgehead atoms. The van der Waals surface area contributed by atoms with Crippen LogP contribution < -0.4 is 5.32 Å². The molecule has 2 rings (SSSR count). The smallest absolute Gasteiger partial charge is 0.135 e. The van der Waals surface area contributed by atoms with Gasteiger partial charge >= 0.3 is 0 Å². The van der Waals surface area contributed by atoms with Crippen LogP contribution in [0.15, 0.2) is 5.03 Å². The lowest BCUT2D eigenvalue weighted by molar-refractivity contribution is 0.631. The van der Waals surface area contributed by atoms with E-state index in [1.807, 2.05) is 11.8 Å². The van der Waals surface area contributed by atoms with Gasteiger partial charge in [-0.1, -0.05) is 13.8 Å². The summed E-state index contributed by atoms with van der Waals surface area (Å²) < 4.78 is 0. The van der Waals surface area contributed by atoms with Crippen LogP contribution in [0.2, 0.25) is 0 Å². The lowest BCUT2D eigenvalue weighted by atomic mass is 10.2. The van der Waals surface area contributed by atoms with Crippen molar-refractivity contribution >= 4 is 17.6 Å². The third-order valence-electron chi connectivity index (χ3n) is 3.34. The molecule has 3 nitrogen and oxygen atoms in total. The van der Waals surface area contributed by atoms with E-state index >= 15 is 0 Å². The van der Waals surface area contributed by atoms with Crippen LogP contribution in [0.4, 0.5) is 5.82 Å². The summed E-state index contributed by atoms with van der Waals surface area (Å²) in [6.07, 6.45) is 3.75. The van der Waals surface area contributed by atoms with E-state index in [1.54, 1.807) is 0 Å². The molecule has 0 aliphatic heterocycles. The van der Waals surface area contributed by atoms with Crippen molar-refractivity contribution in [1.29, 1.82) is 0 Å². The van der Waals surface area contributed by atoms with Crippen LogP contribution >= 0.6 is 11.8 Å². The second-order valence-electron chi connectivity index (χ2n) is 5.70. The summed E-state index contributed by atoms with van der Waals surface area (Å²) in [5.41, 5.74) is 1.21. The van der Waals surface area contributed by atoms with Gasteiger partial charge in [0.1, 0.15) is 16.7 Å². The average molecular weight is 279 g/mol. The molecule has 1 aliphatic rings. The zero-order valence-electron chi connectivity index (χ0n) is 12.5. The Morgan fingerprint density at radius 1 is 1.32 bits per heavy atom. The molecule has 1 heterocycles. The minimum absolute atomic E-state index is 0.613. The SMILES string of the molecule is CCNc1nc(C2CC2)nc(SCCC(C)C)c1C. The second kappa shape index (κ2) is 6.60. The predicted octanol–water partition coefficient (Wildman–Crippen LogP) is 4.23. The molecule has 19 heavy (non-hydrogen) atoms. The third kappa shape index (κ3) is 4.10. The summed E-state index contributed by atoms with van der Waals surface area (Å²) in [6, 6.07) is 0. The Labute approximate surface area is 121 Å². The highest BCUT2D eigenvalue weighted by atomic mass is 32.2. The molecule has 1 saturated carbocycles. The Morgan fingerprint density at radius 3 is 2.63 bits per heavy atom. The van der Waals surface area contributed by atoms with Crippen molar-refractivity contribution in [2.24, 2.45) is 5.92 Å². The summed E-state index contributed by atoms with van der Waals surface area (Å²) in [5.74, 6) is 4.60. The van der Waals surface area contributed by atoms with E-state index in [0.29, 0.717) is 5.92 Å². The quantitative estimate of drug-likeness (QED) is 0.598. The first-order chi connectivity index (χ1) is 9.11. The summed E-state index contributed by atoms with van der Waals surface area (Å²) in [7, 11) is 0. The molecule has 4 heteroatoms. The first kappa shape index (κ1) is 14.6. The topological polar surface area (TPSA) is 37.8 Å². The van der Waals surface area contributed by atoms with Gasteiger partial charge in [-0.05, 0) is 44.8 Å². The summed E-state index contributed by atoms with van der Waals surface area (Å²) in [5, 5.41) is 4.55. The lowest BCUT2D eigenvalue weighted by Crippen LogP contribution is -2.07. The molecule has 1 aromatic heterocycles. The maximum Gasteiger partial charge on any atom is 0.135 e. The van der Waals surface area contributed by atoms with Gasteiger partial charge in [0.15, 0.2) is 0 Å². The van der Waals surface area contributed by atoms with Crippen molar-refractivity contribution in [3.63, 3.8) is 0 Å². The molecule has 106 valence electrons. The number of hydrogen-bond donors (Lipinski definition) is 1. The Morgan fingerprint density at radius 2 is 2.05 bits per heavy atom. The molecule has 0 atom stereocenters. The predicted molar refractivity (Wildman–Crippen MR) is 83.1 cm³/mol. The number of nitrogens with zero attached hydrogens (tertiary/aromatic N) is 2. The average Bonchev–Trinajstić information content (AvgIpc) is 3.17. The number of thioether (sulfide) groups is 1. The standard InChI is InChI=1S/C15H25N3S/c1-5-16-13-11(4)15(19-9-8-10(2)3)18-14(17-13)12-6-7-12/h10,12H,5-9H2,1-4H3,(H,16,17,18). The molecule has 0 amide bonds. The van der Waals surface area contributed by atoms with Crippen LogP contribution in [0.5, 0.6) is 0 Å². The van der Waals surface area contributed by atoms with Gasteiger partial charge in [-0.25, -0.2) is 9.97 Å². The van der Waals surface area contributed by atoms with Crippen molar-refractivity contribution in [1.82, 2.24) is 9.97 Å². The molecule has 0 unspecified atom stereocenters. The first-order valence-electron chi connectivity index (χ1n) is 7.37. The third-order valence-corrected chi connectivity index (χ3v) is 4.45. The molecular weight excluding hydrogens is 254 g/mol. The molecular formula is C15H25N3S. The molecule has 0 radical (unpaired) electrons. The molecule has 1 aliphatic carbocycles. The highest BCUT2D eigenvalue weighted by molar-refractivity contribution is 7.99.